The molecule has 1 aromatic rings. The smallest absolute Gasteiger partial charge is 0.311 e. The van der Waals surface area contributed by atoms with Crippen LogP contribution in [0, 0.1) is 17.8 Å². The second-order valence-corrected chi connectivity index (χ2v) is 5.76. The van der Waals surface area contributed by atoms with Crippen LogP contribution in [0.2, 0.25) is 0 Å². The van der Waals surface area contributed by atoms with Gasteiger partial charge in [0.1, 0.15) is 0 Å². The number of hydrogen-bond donors (Lipinski definition) is 0. The Morgan fingerprint density at radius 3 is 2.71 bits per heavy atom. The molecule has 3 rings (SSSR count). The van der Waals surface area contributed by atoms with Gasteiger partial charge >= 0.3 is 5.97 Å². The predicted octanol–water partition coefficient (Wildman–Crippen LogP) is 2.88. The lowest BCUT2D eigenvalue weighted by atomic mass is 9.79. The van der Waals surface area contributed by atoms with Gasteiger partial charge in [0.05, 0.1) is 25.2 Å². The van der Waals surface area contributed by atoms with Crippen molar-refractivity contribution in [3.05, 3.63) is 35.4 Å². The summed E-state index contributed by atoms with van der Waals surface area (Å²) in [4.78, 5) is 12.2. The fourth-order valence-electron chi connectivity index (χ4n) is 3.61. The summed E-state index contributed by atoms with van der Waals surface area (Å²) in [6.07, 6.45) is 3.20. The van der Waals surface area contributed by atoms with Gasteiger partial charge in [0, 0.05) is 11.5 Å². The molecule has 3 unspecified atom stereocenters. The normalized spacial score (nSPS) is 30.4. The number of carbonyl (C=O) groups excluding carboxylic acids is 1. The number of methoxy groups -OCH3 is 1. The molecule has 0 aliphatic carbocycles. The van der Waals surface area contributed by atoms with Gasteiger partial charge < -0.3 is 9.47 Å². The third-order valence-electron chi connectivity index (χ3n) is 4.57. The summed E-state index contributed by atoms with van der Waals surface area (Å²) in [7, 11) is 1.46. The summed E-state index contributed by atoms with van der Waals surface area (Å²) in [5.74, 6) is 5.80. The molecular weight excluding hydrogens is 264 g/mol. The molecule has 0 spiro atoms. The molecule has 2 aliphatic rings. The second-order valence-electron chi connectivity index (χ2n) is 5.76. The molecule has 2 saturated heterocycles. The van der Waals surface area contributed by atoms with E-state index < -0.39 is 0 Å². The molecule has 2 aliphatic heterocycles. The summed E-state index contributed by atoms with van der Waals surface area (Å²) < 4.78 is 10.9. The topological polar surface area (TPSA) is 35.5 Å². The first-order valence-corrected chi connectivity index (χ1v) is 7.49. The van der Waals surface area contributed by atoms with E-state index in [0.717, 1.165) is 24.8 Å². The van der Waals surface area contributed by atoms with E-state index in [1.165, 1.54) is 12.7 Å². The Morgan fingerprint density at radius 2 is 2.05 bits per heavy atom. The number of benzene rings is 1. The first kappa shape index (κ1) is 14.2. The van der Waals surface area contributed by atoms with Crippen LogP contribution < -0.4 is 0 Å². The number of carbonyl (C=O) groups is 1. The van der Waals surface area contributed by atoms with Crippen molar-refractivity contribution in [3.8, 4) is 11.8 Å². The Labute approximate surface area is 125 Å². The van der Waals surface area contributed by atoms with Crippen molar-refractivity contribution >= 4 is 5.97 Å². The molecule has 21 heavy (non-hydrogen) atoms. The molecule has 0 saturated carbocycles. The second kappa shape index (κ2) is 5.91. The quantitative estimate of drug-likeness (QED) is 0.619. The van der Waals surface area contributed by atoms with E-state index in [2.05, 4.69) is 24.0 Å². The van der Waals surface area contributed by atoms with Crippen LogP contribution >= 0.6 is 0 Å². The fourth-order valence-corrected chi connectivity index (χ4v) is 3.61. The average molecular weight is 284 g/mol. The van der Waals surface area contributed by atoms with Crippen LogP contribution in [0.25, 0.3) is 0 Å². The van der Waals surface area contributed by atoms with Crippen molar-refractivity contribution in [1.82, 2.24) is 0 Å². The minimum absolute atomic E-state index is 0.0105. The Kier molecular flexibility index (Phi) is 3.98. The van der Waals surface area contributed by atoms with E-state index >= 15 is 0 Å². The van der Waals surface area contributed by atoms with Gasteiger partial charge in [-0.15, -0.1) is 5.92 Å². The molecule has 3 heteroatoms. The maximum Gasteiger partial charge on any atom is 0.311 e. The summed E-state index contributed by atoms with van der Waals surface area (Å²) >= 11 is 0. The monoisotopic (exact) mass is 284 g/mol. The molecule has 3 nitrogen and oxygen atoms in total. The van der Waals surface area contributed by atoms with Crippen LogP contribution in [-0.4, -0.2) is 25.3 Å². The van der Waals surface area contributed by atoms with E-state index in [4.69, 9.17) is 9.47 Å². The predicted molar refractivity (Wildman–Crippen MR) is 79.8 cm³/mol. The molecule has 1 aromatic carbocycles. The maximum atomic E-state index is 12.2. The summed E-state index contributed by atoms with van der Waals surface area (Å²) in [6, 6.07) is 8.23. The van der Waals surface area contributed by atoms with Gasteiger partial charge in [0.2, 0.25) is 0 Å². The van der Waals surface area contributed by atoms with Crippen molar-refractivity contribution in [2.24, 2.45) is 5.92 Å². The molecule has 4 atom stereocenters. The number of esters is 1. The van der Waals surface area contributed by atoms with Crippen LogP contribution in [0.1, 0.15) is 43.2 Å². The van der Waals surface area contributed by atoms with Gasteiger partial charge in [0.25, 0.3) is 0 Å². The lowest BCUT2D eigenvalue weighted by molar-refractivity contribution is -0.156. The van der Waals surface area contributed by atoms with Gasteiger partial charge in [-0.3, -0.25) is 4.79 Å². The SMILES string of the molecule is CC#Cc1ccc(C2CC3CC[C@H](O3)C2C(=O)OC)cc1. The molecule has 0 amide bonds. The highest BCUT2D eigenvalue weighted by Crippen LogP contribution is 2.45. The Morgan fingerprint density at radius 1 is 1.29 bits per heavy atom. The van der Waals surface area contributed by atoms with Gasteiger partial charge in [0.15, 0.2) is 0 Å². The first-order valence-electron chi connectivity index (χ1n) is 7.49. The fraction of sp³-hybridized carbons (Fsp3) is 0.500. The third-order valence-corrected chi connectivity index (χ3v) is 4.57. The standard InChI is InChI=1S/C18H20O3/c1-3-4-12-5-7-13(8-6-12)15-11-14-9-10-16(21-14)17(15)18(19)20-2/h5-8,14-17H,9-11H2,1-2H3/t14?,15?,16-,17?/m0/s1. The van der Waals surface area contributed by atoms with E-state index in [-0.39, 0.29) is 30.0 Å². The highest BCUT2D eigenvalue weighted by atomic mass is 16.5. The summed E-state index contributed by atoms with van der Waals surface area (Å²) in [5.41, 5.74) is 2.19. The van der Waals surface area contributed by atoms with Crippen LogP contribution in [-0.2, 0) is 14.3 Å². The van der Waals surface area contributed by atoms with Crippen molar-refractivity contribution in [2.45, 2.75) is 44.3 Å². The molecule has 2 bridgehead atoms. The van der Waals surface area contributed by atoms with E-state index in [1.54, 1.807) is 0 Å². The zero-order chi connectivity index (χ0) is 14.8. The van der Waals surface area contributed by atoms with Gasteiger partial charge in [-0.05, 0) is 43.9 Å². The van der Waals surface area contributed by atoms with Crippen LogP contribution in [0.5, 0.6) is 0 Å². The number of hydrogen-bond acceptors (Lipinski definition) is 3. The highest BCUT2D eigenvalue weighted by Gasteiger charge is 2.47. The Balaban J connectivity index is 1.90. The van der Waals surface area contributed by atoms with Gasteiger partial charge in [-0.1, -0.05) is 18.1 Å². The Hall–Kier alpha value is -1.79. The number of ether oxygens (including phenoxy) is 2. The van der Waals surface area contributed by atoms with Crippen LogP contribution in [0.3, 0.4) is 0 Å². The van der Waals surface area contributed by atoms with Crippen molar-refractivity contribution < 1.29 is 14.3 Å². The molecule has 2 heterocycles. The highest BCUT2D eigenvalue weighted by molar-refractivity contribution is 5.74. The molecule has 0 aromatic heterocycles. The van der Waals surface area contributed by atoms with Gasteiger partial charge in [-0.25, -0.2) is 0 Å². The van der Waals surface area contributed by atoms with Crippen molar-refractivity contribution in [2.75, 3.05) is 7.11 Å². The summed E-state index contributed by atoms with van der Waals surface area (Å²) in [5, 5.41) is 0. The number of rotatable bonds is 2. The van der Waals surface area contributed by atoms with E-state index in [1.807, 2.05) is 19.1 Å². The summed E-state index contributed by atoms with van der Waals surface area (Å²) in [6.45, 7) is 1.83. The van der Waals surface area contributed by atoms with Crippen LogP contribution in [0.4, 0.5) is 0 Å². The van der Waals surface area contributed by atoms with E-state index in [9.17, 15) is 4.79 Å². The van der Waals surface area contributed by atoms with Crippen molar-refractivity contribution in [1.29, 1.82) is 0 Å². The average Bonchev–Trinajstić information content (AvgIpc) is 2.89. The zero-order valence-corrected chi connectivity index (χ0v) is 12.5. The lowest BCUT2D eigenvalue weighted by Gasteiger charge is -2.35. The molecule has 0 N–H and O–H groups in total. The maximum absolute atomic E-state index is 12.2. The largest absolute Gasteiger partial charge is 0.469 e. The van der Waals surface area contributed by atoms with E-state index in [0.29, 0.717) is 0 Å². The van der Waals surface area contributed by atoms with Crippen molar-refractivity contribution in [3.63, 3.8) is 0 Å². The molecule has 0 radical (unpaired) electrons. The third kappa shape index (κ3) is 2.69. The molecular formula is C18H20O3. The first-order chi connectivity index (χ1) is 10.2. The lowest BCUT2D eigenvalue weighted by Crippen LogP contribution is -2.39. The Bertz CT molecular complexity index is 579. The number of fused-ring (bicyclic) bond motifs is 2. The molecule has 2 fully saturated rings. The molecule has 110 valence electrons. The minimum atomic E-state index is -0.183. The van der Waals surface area contributed by atoms with Gasteiger partial charge in [-0.2, -0.15) is 0 Å². The van der Waals surface area contributed by atoms with Crippen LogP contribution in [0.15, 0.2) is 24.3 Å². The minimum Gasteiger partial charge on any atom is -0.469 e. The zero-order valence-electron chi connectivity index (χ0n) is 12.5.